The van der Waals surface area contributed by atoms with E-state index in [0.717, 1.165) is 4.42 Å². The first-order valence-corrected chi connectivity index (χ1v) is 9.27. The van der Waals surface area contributed by atoms with E-state index in [1.165, 1.54) is 17.0 Å². The van der Waals surface area contributed by atoms with Crippen LogP contribution in [0.15, 0.2) is 78.0 Å². The zero-order valence-electron chi connectivity index (χ0n) is 15.7. The Hall–Kier alpha value is -3.45. The third-order valence-electron chi connectivity index (χ3n) is 4.19. The maximum atomic E-state index is 12.4. The SMILES string of the molecule is CC(CC(=O)N(Cl)c1ccccc1)NC(=O)c1ccc(-n2ccncc2=O)cc1. The van der Waals surface area contributed by atoms with E-state index in [-0.39, 0.29) is 23.8 Å². The Kier molecular flexibility index (Phi) is 6.41. The highest BCUT2D eigenvalue weighted by Crippen LogP contribution is 2.17. The van der Waals surface area contributed by atoms with Crippen LogP contribution in [-0.4, -0.2) is 27.4 Å². The molecule has 0 saturated heterocycles. The number of carbonyl (C=O) groups is 2. The number of nitrogens with zero attached hydrogens (tertiary/aromatic N) is 3. The average Bonchev–Trinajstić information content (AvgIpc) is 2.74. The second kappa shape index (κ2) is 9.16. The van der Waals surface area contributed by atoms with Gasteiger partial charge < -0.3 is 5.32 Å². The molecule has 2 aromatic carbocycles. The number of hydrogen-bond acceptors (Lipinski definition) is 4. The summed E-state index contributed by atoms with van der Waals surface area (Å²) < 4.78 is 2.47. The fraction of sp³-hybridized carbons (Fsp3) is 0.143. The molecule has 0 aliphatic carbocycles. The lowest BCUT2D eigenvalue weighted by atomic mass is 10.1. The van der Waals surface area contributed by atoms with E-state index in [1.54, 1.807) is 61.7 Å². The van der Waals surface area contributed by atoms with E-state index >= 15 is 0 Å². The number of aromatic nitrogens is 2. The van der Waals surface area contributed by atoms with Gasteiger partial charge in [-0.3, -0.25) is 23.9 Å². The summed E-state index contributed by atoms with van der Waals surface area (Å²) in [5, 5.41) is 2.78. The van der Waals surface area contributed by atoms with Crippen molar-refractivity contribution in [1.29, 1.82) is 0 Å². The molecule has 0 fully saturated rings. The van der Waals surface area contributed by atoms with Gasteiger partial charge in [0.2, 0.25) is 5.91 Å². The Morgan fingerprint density at radius 1 is 1.14 bits per heavy atom. The number of carbonyl (C=O) groups excluding carboxylic acids is 2. The fourth-order valence-corrected chi connectivity index (χ4v) is 2.92. The predicted octanol–water partition coefficient (Wildman–Crippen LogP) is 2.93. The number of para-hydroxylation sites is 1. The molecule has 29 heavy (non-hydrogen) atoms. The van der Waals surface area contributed by atoms with Gasteiger partial charge in [0.05, 0.1) is 11.9 Å². The van der Waals surface area contributed by atoms with Gasteiger partial charge in [0.1, 0.15) is 0 Å². The van der Waals surface area contributed by atoms with Gasteiger partial charge in [-0.2, -0.15) is 0 Å². The summed E-state index contributed by atoms with van der Waals surface area (Å²) in [7, 11) is 0. The summed E-state index contributed by atoms with van der Waals surface area (Å²) in [6.45, 7) is 1.73. The molecule has 0 bridgehead atoms. The van der Waals surface area contributed by atoms with Crippen molar-refractivity contribution >= 4 is 29.3 Å². The zero-order chi connectivity index (χ0) is 20.8. The van der Waals surface area contributed by atoms with Gasteiger partial charge in [-0.15, -0.1) is 0 Å². The predicted molar refractivity (Wildman–Crippen MR) is 111 cm³/mol. The van der Waals surface area contributed by atoms with Crippen molar-refractivity contribution in [2.75, 3.05) is 4.42 Å². The van der Waals surface area contributed by atoms with Crippen LogP contribution in [0, 0.1) is 0 Å². The summed E-state index contributed by atoms with van der Waals surface area (Å²) in [5.41, 5.74) is 1.35. The van der Waals surface area contributed by atoms with E-state index in [0.29, 0.717) is 16.9 Å². The molecule has 148 valence electrons. The second-order valence-corrected chi connectivity index (χ2v) is 6.76. The van der Waals surface area contributed by atoms with Crippen LogP contribution in [0.4, 0.5) is 5.69 Å². The van der Waals surface area contributed by atoms with Crippen molar-refractivity contribution in [3.05, 3.63) is 89.1 Å². The first-order valence-electron chi connectivity index (χ1n) is 8.93. The van der Waals surface area contributed by atoms with Crippen LogP contribution in [-0.2, 0) is 4.79 Å². The standard InChI is InChI=1S/C21H19ClN4O3/c1-15(13-19(27)26(22)18-5-3-2-4-6-18)24-21(29)16-7-9-17(10-8-16)25-12-11-23-14-20(25)28/h2-12,14-15H,13H2,1H3,(H,24,29). The molecule has 0 aliphatic heterocycles. The van der Waals surface area contributed by atoms with Crippen LogP contribution in [0.25, 0.3) is 5.69 Å². The largest absolute Gasteiger partial charge is 0.349 e. The molecule has 8 heteroatoms. The van der Waals surface area contributed by atoms with Gasteiger partial charge >= 0.3 is 0 Å². The van der Waals surface area contributed by atoms with E-state index < -0.39 is 6.04 Å². The number of nitrogens with one attached hydrogen (secondary N) is 1. The summed E-state index contributed by atoms with van der Waals surface area (Å²) in [5.74, 6) is -0.641. The lowest BCUT2D eigenvalue weighted by molar-refractivity contribution is -0.117. The maximum absolute atomic E-state index is 12.4. The third-order valence-corrected chi connectivity index (χ3v) is 4.58. The second-order valence-electron chi connectivity index (χ2n) is 6.42. The minimum Gasteiger partial charge on any atom is -0.349 e. The Morgan fingerprint density at radius 3 is 2.48 bits per heavy atom. The van der Waals surface area contributed by atoms with Crippen molar-refractivity contribution < 1.29 is 9.59 Å². The first-order chi connectivity index (χ1) is 14.0. The highest BCUT2D eigenvalue weighted by atomic mass is 35.5. The topological polar surface area (TPSA) is 84.3 Å². The van der Waals surface area contributed by atoms with Gasteiger partial charge in [-0.1, -0.05) is 18.2 Å². The monoisotopic (exact) mass is 410 g/mol. The van der Waals surface area contributed by atoms with E-state index in [1.807, 2.05) is 6.07 Å². The molecular weight excluding hydrogens is 392 g/mol. The van der Waals surface area contributed by atoms with Crippen molar-refractivity contribution in [1.82, 2.24) is 14.9 Å². The molecule has 0 aliphatic rings. The molecule has 2 amide bonds. The van der Waals surface area contributed by atoms with Crippen LogP contribution in [0.3, 0.4) is 0 Å². The van der Waals surface area contributed by atoms with Gasteiger partial charge in [0.25, 0.3) is 11.5 Å². The Bertz CT molecular complexity index is 1050. The molecule has 1 atom stereocenters. The van der Waals surface area contributed by atoms with Gasteiger partial charge in [0, 0.05) is 47.9 Å². The summed E-state index contributed by atoms with van der Waals surface area (Å²) in [4.78, 5) is 40.3. The minimum absolute atomic E-state index is 0.0502. The lowest BCUT2D eigenvalue weighted by Gasteiger charge is -2.18. The molecule has 1 heterocycles. The molecule has 1 aromatic heterocycles. The summed E-state index contributed by atoms with van der Waals surface area (Å²) in [6, 6.07) is 15.0. The Labute approximate surface area is 172 Å². The van der Waals surface area contributed by atoms with Crippen LogP contribution >= 0.6 is 11.8 Å². The van der Waals surface area contributed by atoms with Gasteiger partial charge in [0.15, 0.2) is 0 Å². The van der Waals surface area contributed by atoms with E-state index in [9.17, 15) is 14.4 Å². The summed E-state index contributed by atoms with van der Waals surface area (Å²) in [6.07, 6.45) is 4.33. The summed E-state index contributed by atoms with van der Waals surface area (Å²) >= 11 is 6.08. The van der Waals surface area contributed by atoms with Gasteiger partial charge in [-0.25, -0.2) is 4.42 Å². The number of halogens is 1. The molecule has 3 rings (SSSR count). The number of benzene rings is 2. The van der Waals surface area contributed by atoms with Crippen LogP contribution in [0.5, 0.6) is 0 Å². The highest BCUT2D eigenvalue weighted by molar-refractivity contribution is 6.36. The van der Waals surface area contributed by atoms with Crippen molar-refractivity contribution in [3.8, 4) is 5.69 Å². The third kappa shape index (κ3) is 5.08. The van der Waals surface area contributed by atoms with Crippen LogP contribution < -0.4 is 15.3 Å². The maximum Gasteiger partial charge on any atom is 0.273 e. The lowest BCUT2D eigenvalue weighted by Crippen LogP contribution is -2.36. The highest BCUT2D eigenvalue weighted by Gasteiger charge is 2.18. The number of amides is 2. The van der Waals surface area contributed by atoms with Crippen molar-refractivity contribution in [3.63, 3.8) is 0 Å². The molecule has 3 aromatic rings. The Balaban J connectivity index is 1.60. The average molecular weight is 411 g/mol. The van der Waals surface area contributed by atoms with Crippen LogP contribution in [0.1, 0.15) is 23.7 Å². The van der Waals surface area contributed by atoms with Gasteiger partial charge in [-0.05, 0) is 43.3 Å². The van der Waals surface area contributed by atoms with E-state index in [4.69, 9.17) is 11.8 Å². The molecule has 0 saturated carbocycles. The van der Waals surface area contributed by atoms with Crippen molar-refractivity contribution in [2.24, 2.45) is 0 Å². The Morgan fingerprint density at radius 2 is 1.83 bits per heavy atom. The molecule has 7 nitrogen and oxygen atoms in total. The normalized spacial score (nSPS) is 11.5. The zero-order valence-corrected chi connectivity index (χ0v) is 16.4. The van der Waals surface area contributed by atoms with E-state index in [2.05, 4.69) is 10.3 Å². The molecule has 1 unspecified atom stereocenters. The minimum atomic E-state index is -0.414. The smallest absolute Gasteiger partial charge is 0.273 e. The van der Waals surface area contributed by atoms with Crippen LogP contribution in [0.2, 0.25) is 0 Å². The number of rotatable bonds is 6. The molecule has 1 N–H and O–H groups in total. The molecule has 0 spiro atoms. The first kappa shape index (κ1) is 20.3. The number of anilines is 1. The quantitative estimate of drug-likeness (QED) is 0.633. The molecule has 0 radical (unpaired) electrons. The fourth-order valence-electron chi connectivity index (χ4n) is 2.74. The number of hydrogen-bond donors (Lipinski definition) is 1. The van der Waals surface area contributed by atoms with Crippen molar-refractivity contribution in [2.45, 2.75) is 19.4 Å². The molecular formula is C21H19ClN4O3.